The zero-order valence-electron chi connectivity index (χ0n) is 22.4. The van der Waals surface area contributed by atoms with E-state index in [1.54, 1.807) is 20.8 Å². The molecule has 6 heteroatoms. The highest BCUT2D eigenvalue weighted by atomic mass is 16.7. The van der Waals surface area contributed by atoms with E-state index in [0.717, 1.165) is 33.8 Å². The summed E-state index contributed by atoms with van der Waals surface area (Å²) in [6.45, 7) is 18.0. The van der Waals surface area contributed by atoms with Crippen LogP contribution in [0.5, 0.6) is 23.0 Å². The standard InChI is InChI=1S/C29H38O6/c1-10-32-25(31)28(8,9)33-22-14-20-24(12-18(22)3)35-29(16-27(20,6)7)15-26(4,5)19-13-21(30)17(2)11-23(19)34-29/h11-14,30H,10,15-16H2,1-9H3. The molecule has 1 unspecified atom stereocenters. The van der Waals surface area contributed by atoms with Crippen molar-refractivity contribution < 1.29 is 28.8 Å². The van der Waals surface area contributed by atoms with E-state index in [0.29, 0.717) is 25.2 Å². The van der Waals surface area contributed by atoms with Gasteiger partial charge in [0.05, 0.1) is 6.61 Å². The van der Waals surface area contributed by atoms with Crippen molar-refractivity contribution in [1.82, 2.24) is 0 Å². The van der Waals surface area contributed by atoms with Crippen molar-refractivity contribution in [3.63, 3.8) is 0 Å². The van der Waals surface area contributed by atoms with Crippen LogP contribution in [0.15, 0.2) is 24.3 Å². The lowest BCUT2D eigenvalue weighted by Gasteiger charge is -2.51. The number of hydrogen-bond acceptors (Lipinski definition) is 6. The van der Waals surface area contributed by atoms with Gasteiger partial charge in [-0.05, 0) is 70.0 Å². The van der Waals surface area contributed by atoms with Crippen LogP contribution in [0.1, 0.15) is 83.6 Å². The van der Waals surface area contributed by atoms with Crippen LogP contribution in [-0.2, 0) is 20.4 Å². The Morgan fingerprint density at radius 1 is 0.943 bits per heavy atom. The Bertz CT molecular complexity index is 1180. The molecule has 4 rings (SSSR count). The average Bonchev–Trinajstić information content (AvgIpc) is 2.70. The second-order valence-corrected chi connectivity index (χ2v) is 11.8. The summed E-state index contributed by atoms with van der Waals surface area (Å²) in [4.78, 5) is 12.4. The highest BCUT2D eigenvalue weighted by molar-refractivity contribution is 5.79. The van der Waals surface area contributed by atoms with Gasteiger partial charge in [-0.15, -0.1) is 0 Å². The van der Waals surface area contributed by atoms with Gasteiger partial charge >= 0.3 is 5.97 Å². The molecular weight excluding hydrogens is 444 g/mol. The van der Waals surface area contributed by atoms with Gasteiger partial charge in [-0.2, -0.15) is 0 Å². The SMILES string of the molecule is CCOC(=O)C(C)(C)Oc1cc2c(cc1C)OC1(CC(C)(C)c3cc(O)c(C)cc3O1)CC2(C)C. The molecule has 0 radical (unpaired) electrons. The first kappa shape index (κ1) is 25.2. The Balaban J connectivity index is 1.72. The van der Waals surface area contributed by atoms with E-state index in [1.165, 1.54) is 0 Å². The molecule has 0 aromatic heterocycles. The predicted molar refractivity (Wildman–Crippen MR) is 135 cm³/mol. The van der Waals surface area contributed by atoms with E-state index >= 15 is 0 Å². The summed E-state index contributed by atoms with van der Waals surface area (Å²) < 4.78 is 24.6. The Kier molecular flexibility index (Phi) is 5.81. The second kappa shape index (κ2) is 8.07. The Morgan fingerprint density at radius 3 is 2.00 bits per heavy atom. The van der Waals surface area contributed by atoms with Crippen LogP contribution in [0.2, 0.25) is 0 Å². The van der Waals surface area contributed by atoms with Crippen molar-refractivity contribution in [3.05, 3.63) is 46.5 Å². The fourth-order valence-electron chi connectivity index (χ4n) is 5.46. The largest absolute Gasteiger partial charge is 0.508 e. The maximum absolute atomic E-state index is 12.4. The fourth-order valence-corrected chi connectivity index (χ4v) is 5.46. The maximum atomic E-state index is 12.4. The van der Waals surface area contributed by atoms with Crippen LogP contribution < -0.4 is 14.2 Å². The zero-order valence-corrected chi connectivity index (χ0v) is 22.4. The lowest BCUT2D eigenvalue weighted by atomic mass is 9.69. The molecule has 0 saturated carbocycles. The van der Waals surface area contributed by atoms with E-state index < -0.39 is 17.4 Å². The van der Waals surface area contributed by atoms with Gasteiger partial charge in [0, 0.05) is 34.8 Å². The minimum atomic E-state index is -1.11. The molecule has 2 aromatic rings. The molecule has 2 aliphatic heterocycles. The number of hydrogen-bond donors (Lipinski definition) is 1. The van der Waals surface area contributed by atoms with Crippen molar-refractivity contribution in [1.29, 1.82) is 0 Å². The summed E-state index contributed by atoms with van der Waals surface area (Å²) in [5.41, 5.74) is 1.98. The van der Waals surface area contributed by atoms with E-state index in [1.807, 2.05) is 38.1 Å². The summed E-state index contributed by atoms with van der Waals surface area (Å²) in [5.74, 6) is 1.19. The van der Waals surface area contributed by atoms with Gasteiger partial charge in [-0.1, -0.05) is 27.7 Å². The van der Waals surface area contributed by atoms with Crippen molar-refractivity contribution in [2.75, 3.05) is 6.61 Å². The monoisotopic (exact) mass is 482 g/mol. The summed E-state index contributed by atoms with van der Waals surface area (Å²) in [5, 5.41) is 10.3. The lowest BCUT2D eigenvalue weighted by Crippen LogP contribution is -2.55. The van der Waals surface area contributed by atoms with Gasteiger partial charge in [0.25, 0.3) is 5.79 Å². The highest BCUT2D eigenvalue weighted by Crippen LogP contribution is 2.55. The molecule has 2 aromatic carbocycles. The van der Waals surface area contributed by atoms with Gasteiger partial charge in [-0.25, -0.2) is 4.79 Å². The first-order valence-electron chi connectivity index (χ1n) is 12.3. The van der Waals surface area contributed by atoms with Crippen molar-refractivity contribution in [2.45, 2.75) is 97.4 Å². The third-order valence-electron chi connectivity index (χ3n) is 7.18. The molecule has 1 spiro atoms. The molecule has 0 saturated heterocycles. The fraction of sp³-hybridized carbons (Fsp3) is 0.552. The first-order valence-corrected chi connectivity index (χ1v) is 12.3. The number of carbonyl (C=O) groups excluding carboxylic acids is 1. The minimum absolute atomic E-state index is 0.256. The summed E-state index contributed by atoms with van der Waals surface area (Å²) in [7, 11) is 0. The van der Waals surface area contributed by atoms with Crippen LogP contribution in [0, 0.1) is 13.8 Å². The van der Waals surface area contributed by atoms with E-state index in [2.05, 4.69) is 27.7 Å². The Hall–Kier alpha value is -2.89. The maximum Gasteiger partial charge on any atom is 0.349 e. The normalized spacial score (nSPS) is 21.9. The molecule has 0 bridgehead atoms. The van der Waals surface area contributed by atoms with Crippen LogP contribution in [0.4, 0.5) is 0 Å². The quantitative estimate of drug-likeness (QED) is 0.520. The van der Waals surface area contributed by atoms with E-state index in [9.17, 15) is 9.90 Å². The summed E-state index contributed by atoms with van der Waals surface area (Å²) in [6, 6.07) is 7.68. The molecule has 6 nitrogen and oxygen atoms in total. The van der Waals surface area contributed by atoms with Crippen LogP contribution >= 0.6 is 0 Å². The third-order valence-corrected chi connectivity index (χ3v) is 7.18. The predicted octanol–water partition coefficient (Wildman–Crippen LogP) is 6.25. The summed E-state index contributed by atoms with van der Waals surface area (Å²) in [6.07, 6.45) is 1.28. The number of phenolic OH excluding ortho intramolecular Hbond substituents is 1. The number of aryl methyl sites for hydroxylation is 2. The van der Waals surface area contributed by atoms with E-state index in [-0.39, 0.29) is 16.6 Å². The smallest absolute Gasteiger partial charge is 0.349 e. The molecule has 2 heterocycles. The molecule has 0 fully saturated rings. The number of fused-ring (bicyclic) bond motifs is 2. The second-order valence-electron chi connectivity index (χ2n) is 11.8. The van der Waals surface area contributed by atoms with Gasteiger partial charge in [-0.3, -0.25) is 0 Å². The number of benzene rings is 2. The number of phenols is 1. The first-order chi connectivity index (χ1) is 16.1. The molecule has 190 valence electrons. The molecule has 1 atom stereocenters. The molecule has 0 amide bonds. The van der Waals surface area contributed by atoms with Crippen LogP contribution in [-0.4, -0.2) is 29.1 Å². The van der Waals surface area contributed by atoms with Gasteiger partial charge in [0.1, 0.15) is 23.0 Å². The Morgan fingerprint density at radius 2 is 1.46 bits per heavy atom. The van der Waals surface area contributed by atoms with Crippen molar-refractivity contribution in [2.24, 2.45) is 0 Å². The molecule has 0 aliphatic carbocycles. The zero-order chi connectivity index (χ0) is 26.0. The lowest BCUT2D eigenvalue weighted by molar-refractivity contribution is -0.166. The Labute approximate surface area is 208 Å². The molecule has 35 heavy (non-hydrogen) atoms. The topological polar surface area (TPSA) is 74.2 Å². The molecular formula is C29H38O6. The summed E-state index contributed by atoms with van der Waals surface area (Å²) >= 11 is 0. The number of rotatable bonds is 4. The third kappa shape index (κ3) is 4.43. The number of aromatic hydroxyl groups is 1. The van der Waals surface area contributed by atoms with Gasteiger partial charge in [0.2, 0.25) is 0 Å². The number of esters is 1. The average molecular weight is 483 g/mol. The number of carbonyl (C=O) groups is 1. The van der Waals surface area contributed by atoms with Crippen molar-refractivity contribution in [3.8, 4) is 23.0 Å². The van der Waals surface area contributed by atoms with Crippen molar-refractivity contribution >= 4 is 5.97 Å². The van der Waals surface area contributed by atoms with Crippen LogP contribution in [0.25, 0.3) is 0 Å². The van der Waals surface area contributed by atoms with Crippen LogP contribution in [0.3, 0.4) is 0 Å². The minimum Gasteiger partial charge on any atom is -0.508 e. The molecule has 1 N–H and O–H groups in total. The van der Waals surface area contributed by atoms with E-state index in [4.69, 9.17) is 18.9 Å². The molecule has 2 aliphatic rings. The highest BCUT2D eigenvalue weighted by Gasteiger charge is 2.53. The van der Waals surface area contributed by atoms with Gasteiger partial charge < -0.3 is 24.1 Å². The number of ether oxygens (including phenoxy) is 4. The van der Waals surface area contributed by atoms with Gasteiger partial charge in [0.15, 0.2) is 5.60 Å².